The number of halogens is 3. The van der Waals surface area contributed by atoms with Gasteiger partial charge < -0.3 is 21.0 Å². The first-order chi connectivity index (χ1) is 17.0. The van der Waals surface area contributed by atoms with Crippen molar-refractivity contribution in [3.8, 4) is 0 Å². The SMILES string of the molecule is Nc1nc(C(=NOCC(F)(F)F)C(=O)NC2C(=O)N3C(C(=O)O)=C(C[n+]4ccccc4)CS[C@H]23)ns1. The number of rotatable bonds is 8. The van der Waals surface area contributed by atoms with Crippen molar-refractivity contribution >= 4 is 51.9 Å². The Balaban J connectivity index is 1.52. The minimum Gasteiger partial charge on any atom is -0.477 e. The van der Waals surface area contributed by atoms with Crippen LogP contribution in [-0.2, 0) is 25.8 Å². The number of aliphatic carboxylic acids is 1. The van der Waals surface area contributed by atoms with Gasteiger partial charge in [-0.05, 0) is 0 Å². The molecular weight excluding hydrogens is 527 g/mol. The Hall–Kier alpha value is -3.73. The summed E-state index contributed by atoms with van der Waals surface area (Å²) in [5, 5.41) is 14.5. The quantitative estimate of drug-likeness (QED) is 0.181. The number of alkyl halides is 3. The molecule has 4 heterocycles. The Morgan fingerprint density at radius 1 is 1.33 bits per heavy atom. The number of nitrogens with zero attached hydrogens (tertiary/aromatic N) is 5. The molecule has 1 fully saturated rings. The third kappa shape index (κ3) is 5.40. The first kappa shape index (κ1) is 25.4. The molecule has 2 aliphatic heterocycles. The molecule has 0 saturated carbocycles. The summed E-state index contributed by atoms with van der Waals surface area (Å²) in [6.07, 6.45) is -1.20. The van der Waals surface area contributed by atoms with Crippen LogP contribution >= 0.6 is 23.3 Å². The van der Waals surface area contributed by atoms with E-state index >= 15 is 0 Å². The maximum absolute atomic E-state index is 12.9. The van der Waals surface area contributed by atoms with E-state index in [1.807, 2.05) is 6.07 Å². The van der Waals surface area contributed by atoms with Gasteiger partial charge in [0.15, 0.2) is 24.1 Å². The molecule has 190 valence electrons. The molecule has 0 radical (unpaired) electrons. The minimum absolute atomic E-state index is 0.0740. The molecule has 1 saturated heterocycles. The summed E-state index contributed by atoms with van der Waals surface area (Å²) in [7, 11) is 0. The number of hydrogen-bond donors (Lipinski definition) is 3. The van der Waals surface area contributed by atoms with Crippen LogP contribution < -0.4 is 15.6 Å². The number of β-lactam (4-membered cyclic amide) rings is 1. The molecule has 0 bridgehead atoms. The number of nitrogens with one attached hydrogen (secondary N) is 1. The van der Waals surface area contributed by atoms with Crippen LogP contribution in [-0.4, -0.2) is 72.8 Å². The summed E-state index contributed by atoms with van der Waals surface area (Å²) >= 11 is 1.91. The monoisotopic (exact) mass is 544 g/mol. The second kappa shape index (κ2) is 10.1. The number of hydrogen-bond acceptors (Lipinski definition) is 10. The second-order valence-corrected chi connectivity index (χ2v) is 9.34. The molecule has 0 spiro atoms. The topological polar surface area (TPSA) is 164 Å². The zero-order valence-electron chi connectivity index (χ0n) is 18.0. The zero-order chi connectivity index (χ0) is 26.0. The molecule has 0 aliphatic carbocycles. The number of nitrogens with two attached hydrogens (primary N) is 1. The van der Waals surface area contributed by atoms with Gasteiger partial charge in [-0.2, -0.15) is 22.5 Å². The second-order valence-electron chi connectivity index (χ2n) is 7.45. The van der Waals surface area contributed by atoms with Gasteiger partial charge in [-0.25, -0.2) is 9.36 Å². The van der Waals surface area contributed by atoms with Crippen molar-refractivity contribution in [2.45, 2.75) is 24.1 Å². The summed E-state index contributed by atoms with van der Waals surface area (Å²) in [6.45, 7) is -1.53. The number of carbonyl (C=O) groups is 3. The van der Waals surface area contributed by atoms with E-state index in [0.29, 0.717) is 17.1 Å². The van der Waals surface area contributed by atoms with E-state index in [0.717, 1.165) is 4.90 Å². The largest absolute Gasteiger partial charge is 0.477 e. The average Bonchev–Trinajstić information content (AvgIpc) is 3.25. The van der Waals surface area contributed by atoms with Gasteiger partial charge in [0.05, 0.1) is 0 Å². The first-order valence-corrected chi connectivity index (χ1v) is 11.9. The smallest absolute Gasteiger partial charge is 0.425 e. The highest BCUT2D eigenvalue weighted by Crippen LogP contribution is 2.40. The van der Waals surface area contributed by atoms with Crippen LogP contribution in [0.4, 0.5) is 18.3 Å². The van der Waals surface area contributed by atoms with Gasteiger partial charge in [-0.1, -0.05) is 11.2 Å². The summed E-state index contributed by atoms with van der Waals surface area (Å²) in [5.74, 6) is -3.19. The summed E-state index contributed by atoms with van der Waals surface area (Å²) in [4.78, 5) is 46.7. The molecule has 2 aromatic rings. The third-order valence-electron chi connectivity index (χ3n) is 4.94. The van der Waals surface area contributed by atoms with Crippen LogP contribution in [0.15, 0.2) is 47.0 Å². The van der Waals surface area contributed by atoms with E-state index in [1.165, 1.54) is 11.8 Å². The number of oxime groups is 1. The molecule has 17 heteroatoms. The average molecular weight is 545 g/mol. The van der Waals surface area contributed by atoms with Crippen molar-refractivity contribution in [2.75, 3.05) is 18.1 Å². The molecule has 2 atom stereocenters. The van der Waals surface area contributed by atoms with Crippen LogP contribution in [0.25, 0.3) is 0 Å². The number of fused-ring (bicyclic) bond motifs is 1. The molecule has 0 aromatic carbocycles. The maximum atomic E-state index is 12.9. The molecule has 2 aliphatic rings. The highest BCUT2D eigenvalue weighted by atomic mass is 32.2. The number of carboxylic acid groups (broad SMARTS) is 1. The van der Waals surface area contributed by atoms with Crippen molar-refractivity contribution in [3.05, 3.63) is 47.7 Å². The summed E-state index contributed by atoms with van der Waals surface area (Å²) in [5.41, 5.74) is 5.10. The fraction of sp³-hybridized carbons (Fsp3) is 0.316. The van der Waals surface area contributed by atoms with Crippen LogP contribution in [0.5, 0.6) is 0 Å². The van der Waals surface area contributed by atoms with Gasteiger partial charge in [-0.3, -0.25) is 14.5 Å². The van der Waals surface area contributed by atoms with Crippen molar-refractivity contribution < 1.29 is 42.1 Å². The highest BCUT2D eigenvalue weighted by Gasteiger charge is 2.55. The van der Waals surface area contributed by atoms with Gasteiger partial charge in [0.2, 0.25) is 18.1 Å². The predicted molar refractivity (Wildman–Crippen MR) is 119 cm³/mol. The van der Waals surface area contributed by atoms with Gasteiger partial charge in [0, 0.05) is 35.0 Å². The summed E-state index contributed by atoms with van der Waals surface area (Å²) < 4.78 is 42.9. The Labute approximate surface area is 208 Å². The van der Waals surface area contributed by atoms with E-state index in [1.54, 1.807) is 29.1 Å². The minimum atomic E-state index is -4.71. The lowest BCUT2D eigenvalue weighted by Gasteiger charge is -2.49. The number of carbonyl (C=O) groups excluding carboxylic acids is 2. The predicted octanol–water partition coefficient (Wildman–Crippen LogP) is 0.130. The van der Waals surface area contributed by atoms with Crippen molar-refractivity contribution in [1.29, 1.82) is 0 Å². The number of amides is 2. The molecule has 1 unspecified atom stereocenters. The van der Waals surface area contributed by atoms with Crippen LogP contribution in [0.2, 0.25) is 0 Å². The molecule has 4 N–H and O–H groups in total. The van der Waals surface area contributed by atoms with Gasteiger partial charge in [0.25, 0.3) is 11.8 Å². The first-order valence-electron chi connectivity index (χ1n) is 10.1. The van der Waals surface area contributed by atoms with Crippen molar-refractivity contribution in [3.63, 3.8) is 0 Å². The number of aromatic nitrogens is 3. The van der Waals surface area contributed by atoms with E-state index < -0.39 is 47.7 Å². The van der Waals surface area contributed by atoms with Gasteiger partial charge >= 0.3 is 12.1 Å². The number of carboxylic acids is 1. The maximum Gasteiger partial charge on any atom is 0.425 e. The van der Waals surface area contributed by atoms with Crippen molar-refractivity contribution in [1.82, 2.24) is 19.6 Å². The van der Waals surface area contributed by atoms with E-state index in [4.69, 9.17) is 5.73 Å². The number of thioether (sulfide) groups is 1. The molecule has 2 amide bonds. The van der Waals surface area contributed by atoms with Crippen molar-refractivity contribution in [2.24, 2.45) is 5.16 Å². The number of pyridine rings is 1. The Bertz CT molecular complexity index is 1250. The molecular formula is C19H17F3N7O5S2+. The molecule has 4 rings (SSSR count). The zero-order valence-corrected chi connectivity index (χ0v) is 19.6. The lowest BCUT2D eigenvalue weighted by molar-refractivity contribution is -0.689. The fourth-order valence-corrected chi connectivity index (χ4v) is 5.23. The normalized spacial score (nSPS) is 20.0. The van der Waals surface area contributed by atoms with Crippen LogP contribution in [0, 0.1) is 0 Å². The molecule has 12 nitrogen and oxygen atoms in total. The Morgan fingerprint density at radius 2 is 2.06 bits per heavy atom. The lowest BCUT2D eigenvalue weighted by atomic mass is 10.0. The van der Waals surface area contributed by atoms with E-state index in [9.17, 15) is 32.7 Å². The van der Waals surface area contributed by atoms with E-state index in [-0.39, 0.29) is 29.0 Å². The molecule has 36 heavy (non-hydrogen) atoms. The van der Waals surface area contributed by atoms with Gasteiger partial charge in [-0.15, -0.1) is 11.8 Å². The highest BCUT2D eigenvalue weighted by molar-refractivity contribution is 8.00. The van der Waals surface area contributed by atoms with Gasteiger partial charge in [0.1, 0.15) is 17.1 Å². The summed E-state index contributed by atoms with van der Waals surface area (Å²) in [6, 6.07) is 4.21. The number of anilines is 1. The van der Waals surface area contributed by atoms with Crippen LogP contribution in [0.3, 0.4) is 0 Å². The lowest BCUT2D eigenvalue weighted by Crippen LogP contribution is -2.71. The van der Waals surface area contributed by atoms with Crippen LogP contribution in [0.1, 0.15) is 5.82 Å². The molecule has 2 aromatic heterocycles. The third-order valence-corrected chi connectivity index (χ3v) is 6.82. The Kier molecular flexibility index (Phi) is 7.11. The standard InChI is InChI=1S/C19H16F3N7O5S2/c20-19(21,22)8-34-26-10(13-25-18(23)36-27-13)14(30)24-11-15(31)29-12(17(32)33)9(7-35-16(11)29)6-28-4-2-1-3-5-28/h1-5,11,16H,6-8H2,(H3-,23,24,25,27,30,32,33)/p+1/t11?,16-/m1/s1. The van der Waals surface area contributed by atoms with E-state index in [2.05, 4.69) is 24.7 Å². The number of nitrogen functional groups attached to an aromatic ring is 1. The Morgan fingerprint density at radius 3 is 2.67 bits per heavy atom. The fourth-order valence-electron chi connectivity index (χ4n) is 3.46.